The van der Waals surface area contributed by atoms with Gasteiger partial charge in [0.05, 0.1) is 5.75 Å². The number of benzene rings is 1. The van der Waals surface area contributed by atoms with Crippen LogP contribution in [0.3, 0.4) is 0 Å². The monoisotopic (exact) mass is 360 g/mol. The van der Waals surface area contributed by atoms with Crippen molar-refractivity contribution in [1.29, 1.82) is 0 Å². The summed E-state index contributed by atoms with van der Waals surface area (Å²) in [7, 11) is 0. The largest absolute Gasteiger partial charge is 0.455 e. The van der Waals surface area contributed by atoms with Crippen LogP contribution >= 0.6 is 23.1 Å². The Hall–Kier alpha value is -2.32. The van der Waals surface area contributed by atoms with Crippen LogP contribution in [0.4, 0.5) is 5.13 Å². The molecule has 124 valence electrons. The lowest BCUT2D eigenvalue weighted by molar-refractivity contribution is 0.0913. The molecule has 0 radical (unpaired) electrons. The lowest BCUT2D eigenvalue weighted by atomic mass is 10.1. The van der Waals surface area contributed by atoms with Crippen molar-refractivity contribution in [3.05, 3.63) is 64.6 Å². The summed E-state index contributed by atoms with van der Waals surface area (Å²) in [6.45, 7) is 0. The van der Waals surface area contributed by atoms with Gasteiger partial charge < -0.3 is 15.5 Å². The second-order valence-electron chi connectivity index (χ2n) is 4.99. The zero-order valence-corrected chi connectivity index (χ0v) is 14.6. The van der Waals surface area contributed by atoms with E-state index in [1.807, 2.05) is 42.7 Å². The van der Waals surface area contributed by atoms with Crippen LogP contribution in [0.5, 0.6) is 0 Å². The van der Waals surface area contributed by atoms with Gasteiger partial charge in [0.2, 0.25) is 5.13 Å². The van der Waals surface area contributed by atoms with Crippen LogP contribution < -0.4 is 11.1 Å². The number of aromatic nitrogens is 2. The molecule has 0 bridgehead atoms. The van der Waals surface area contributed by atoms with Gasteiger partial charge in [-0.05, 0) is 24.0 Å². The smallest absolute Gasteiger partial charge is 0.287 e. The number of nitrogens with two attached hydrogens (primary N) is 1. The Morgan fingerprint density at radius 3 is 2.75 bits per heavy atom. The zero-order valence-electron chi connectivity index (χ0n) is 12.9. The molecule has 2 aromatic heterocycles. The van der Waals surface area contributed by atoms with Crippen LogP contribution in [0.1, 0.15) is 32.9 Å². The van der Waals surface area contributed by atoms with Gasteiger partial charge in [0.15, 0.2) is 5.76 Å². The van der Waals surface area contributed by atoms with Gasteiger partial charge in [0.25, 0.3) is 5.91 Å². The topological polar surface area (TPSA) is 94.0 Å². The van der Waals surface area contributed by atoms with Crippen molar-refractivity contribution >= 4 is 34.1 Å². The standard InChI is InChI=1S/C16H16N4O2S2/c1-23-9-11-7-8-12(22-11)14(21)18-13(10-5-3-2-4-6-10)15-19-20-16(17)24-15/h2-8,13H,9H2,1H3,(H2,17,20)(H,18,21)/t13-/m1/s1. The van der Waals surface area contributed by atoms with E-state index in [0.717, 1.165) is 17.1 Å². The third-order valence-electron chi connectivity index (χ3n) is 3.28. The van der Waals surface area contributed by atoms with Crippen molar-refractivity contribution in [2.75, 3.05) is 12.0 Å². The highest BCUT2D eigenvalue weighted by atomic mass is 32.2. The second-order valence-corrected chi connectivity index (χ2v) is 6.90. The Balaban J connectivity index is 1.84. The van der Waals surface area contributed by atoms with Gasteiger partial charge in [0.1, 0.15) is 16.8 Å². The average molecular weight is 360 g/mol. The number of hydrogen-bond donors (Lipinski definition) is 2. The van der Waals surface area contributed by atoms with Crippen molar-refractivity contribution in [3.63, 3.8) is 0 Å². The van der Waals surface area contributed by atoms with Gasteiger partial charge >= 0.3 is 0 Å². The molecule has 0 saturated heterocycles. The van der Waals surface area contributed by atoms with Gasteiger partial charge in [-0.1, -0.05) is 41.7 Å². The number of hydrogen-bond acceptors (Lipinski definition) is 7. The first kappa shape index (κ1) is 16.5. The predicted molar refractivity (Wildman–Crippen MR) is 96.0 cm³/mol. The molecule has 1 amide bonds. The second kappa shape index (κ2) is 7.50. The molecule has 0 aliphatic heterocycles. The number of amides is 1. The normalized spacial score (nSPS) is 12.0. The van der Waals surface area contributed by atoms with E-state index in [1.54, 1.807) is 17.8 Å². The van der Waals surface area contributed by atoms with Crippen LogP contribution in [-0.2, 0) is 5.75 Å². The molecular weight excluding hydrogens is 344 g/mol. The van der Waals surface area contributed by atoms with Gasteiger partial charge in [-0.2, -0.15) is 11.8 Å². The number of rotatable bonds is 6. The van der Waals surface area contributed by atoms with Crippen molar-refractivity contribution < 1.29 is 9.21 Å². The maximum atomic E-state index is 12.5. The Morgan fingerprint density at radius 2 is 2.08 bits per heavy atom. The summed E-state index contributed by atoms with van der Waals surface area (Å²) in [5, 5.41) is 11.8. The fourth-order valence-corrected chi connectivity index (χ4v) is 3.35. The van der Waals surface area contributed by atoms with Crippen LogP contribution in [0, 0.1) is 0 Å². The molecule has 1 aromatic carbocycles. The van der Waals surface area contributed by atoms with E-state index < -0.39 is 6.04 Å². The van der Waals surface area contributed by atoms with Gasteiger partial charge in [0, 0.05) is 0 Å². The van der Waals surface area contributed by atoms with Crippen molar-refractivity contribution in [1.82, 2.24) is 15.5 Å². The third kappa shape index (κ3) is 3.77. The van der Waals surface area contributed by atoms with E-state index in [-0.39, 0.29) is 11.7 Å². The summed E-state index contributed by atoms with van der Waals surface area (Å²) >= 11 is 2.88. The quantitative estimate of drug-likeness (QED) is 0.701. The number of carbonyl (C=O) groups is 1. The van der Waals surface area contributed by atoms with Crippen LogP contribution in [0.2, 0.25) is 0 Å². The summed E-state index contributed by atoms with van der Waals surface area (Å²) in [5.41, 5.74) is 6.59. The number of nitrogens with zero attached hydrogens (tertiary/aromatic N) is 2. The molecular formula is C16H16N4O2S2. The molecule has 1 atom stereocenters. The van der Waals surface area contributed by atoms with E-state index in [9.17, 15) is 4.79 Å². The molecule has 2 heterocycles. The number of nitrogens with one attached hydrogen (secondary N) is 1. The molecule has 6 nitrogen and oxygen atoms in total. The molecule has 0 saturated carbocycles. The molecule has 3 aromatic rings. The Morgan fingerprint density at radius 1 is 1.29 bits per heavy atom. The Kier molecular flexibility index (Phi) is 5.17. The highest BCUT2D eigenvalue weighted by Gasteiger charge is 2.23. The Bertz CT molecular complexity index is 816. The van der Waals surface area contributed by atoms with Crippen molar-refractivity contribution in [2.45, 2.75) is 11.8 Å². The maximum Gasteiger partial charge on any atom is 0.287 e. The number of furan rings is 1. The maximum absolute atomic E-state index is 12.5. The molecule has 0 fully saturated rings. The first-order valence-electron chi connectivity index (χ1n) is 7.19. The zero-order chi connectivity index (χ0) is 16.9. The first-order chi connectivity index (χ1) is 11.7. The molecule has 8 heteroatoms. The van der Waals surface area contributed by atoms with E-state index in [4.69, 9.17) is 10.2 Å². The number of thioether (sulfide) groups is 1. The van der Waals surface area contributed by atoms with Crippen LogP contribution in [0.15, 0.2) is 46.9 Å². The Labute approximate surface area is 147 Å². The van der Waals surface area contributed by atoms with Crippen LogP contribution in [-0.4, -0.2) is 22.4 Å². The summed E-state index contributed by atoms with van der Waals surface area (Å²) < 4.78 is 5.57. The number of carbonyl (C=O) groups excluding carboxylic acids is 1. The van der Waals surface area contributed by atoms with E-state index in [2.05, 4.69) is 15.5 Å². The minimum atomic E-state index is -0.428. The molecule has 0 spiro atoms. The number of anilines is 1. The van der Waals surface area contributed by atoms with Gasteiger partial charge in [-0.15, -0.1) is 10.2 Å². The minimum Gasteiger partial charge on any atom is -0.455 e. The van der Waals surface area contributed by atoms with E-state index >= 15 is 0 Å². The molecule has 24 heavy (non-hydrogen) atoms. The molecule has 0 unspecified atom stereocenters. The SMILES string of the molecule is CSCc1ccc(C(=O)N[C@H](c2ccccc2)c2nnc(N)s2)o1. The fourth-order valence-electron chi connectivity index (χ4n) is 2.22. The molecule has 3 rings (SSSR count). The highest BCUT2D eigenvalue weighted by molar-refractivity contribution is 7.97. The minimum absolute atomic E-state index is 0.275. The lowest BCUT2D eigenvalue weighted by Crippen LogP contribution is -2.29. The molecule has 0 aliphatic carbocycles. The fraction of sp³-hybridized carbons (Fsp3) is 0.188. The highest BCUT2D eigenvalue weighted by Crippen LogP contribution is 2.26. The third-order valence-corrected chi connectivity index (χ3v) is 4.67. The van der Waals surface area contributed by atoms with E-state index in [0.29, 0.717) is 10.1 Å². The number of nitrogen functional groups attached to an aromatic ring is 1. The average Bonchev–Trinajstić information content (AvgIpc) is 3.23. The van der Waals surface area contributed by atoms with Gasteiger partial charge in [-0.3, -0.25) is 4.79 Å². The summed E-state index contributed by atoms with van der Waals surface area (Å²) in [4.78, 5) is 12.5. The summed E-state index contributed by atoms with van der Waals surface area (Å²) in [6, 6.07) is 12.6. The van der Waals surface area contributed by atoms with Crippen LogP contribution in [0.25, 0.3) is 0 Å². The first-order valence-corrected chi connectivity index (χ1v) is 9.40. The van der Waals surface area contributed by atoms with Gasteiger partial charge in [-0.25, -0.2) is 0 Å². The summed E-state index contributed by atoms with van der Waals surface area (Å²) in [5.74, 6) is 1.47. The predicted octanol–water partition coefficient (Wildman–Crippen LogP) is 3.10. The van der Waals surface area contributed by atoms with Crippen molar-refractivity contribution in [3.8, 4) is 0 Å². The molecule has 0 aliphatic rings. The summed E-state index contributed by atoms with van der Waals surface area (Å²) in [6.07, 6.45) is 1.98. The lowest BCUT2D eigenvalue weighted by Gasteiger charge is -2.15. The van der Waals surface area contributed by atoms with Crippen molar-refractivity contribution in [2.24, 2.45) is 0 Å². The molecule has 3 N–H and O–H groups in total. The van der Waals surface area contributed by atoms with E-state index in [1.165, 1.54) is 11.3 Å².